The second-order valence-corrected chi connectivity index (χ2v) is 6.13. The van der Waals surface area contributed by atoms with Crippen molar-refractivity contribution in [3.05, 3.63) is 46.2 Å². The van der Waals surface area contributed by atoms with Crippen LogP contribution in [0.2, 0.25) is 0 Å². The summed E-state index contributed by atoms with van der Waals surface area (Å²) in [6, 6.07) is 5.16. The maximum Gasteiger partial charge on any atom is 0.350 e. The molecule has 2 heterocycles. The maximum absolute atomic E-state index is 12.4. The van der Waals surface area contributed by atoms with E-state index in [1.165, 1.54) is 18.1 Å². The van der Waals surface area contributed by atoms with Crippen molar-refractivity contribution in [3.8, 4) is 5.69 Å². The van der Waals surface area contributed by atoms with Crippen molar-refractivity contribution in [1.29, 1.82) is 0 Å². The molecule has 2 aromatic heterocycles. The van der Waals surface area contributed by atoms with Crippen LogP contribution in [0, 0.1) is 13.8 Å². The molecule has 3 aromatic rings. The number of ether oxygens (including phenoxy) is 1. The summed E-state index contributed by atoms with van der Waals surface area (Å²) in [5.74, 6) is -0.798. The van der Waals surface area contributed by atoms with E-state index in [0.717, 1.165) is 22.6 Å². The molecule has 1 aromatic carbocycles. The van der Waals surface area contributed by atoms with E-state index in [4.69, 9.17) is 0 Å². The summed E-state index contributed by atoms with van der Waals surface area (Å²) < 4.78 is 6.20. The zero-order valence-corrected chi connectivity index (χ0v) is 14.5. The van der Waals surface area contributed by atoms with Crippen molar-refractivity contribution >= 4 is 28.3 Å². The summed E-state index contributed by atoms with van der Waals surface area (Å²) in [4.78, 5) is 28.6. The molecule has 0 spiro atoms. The molecule has 25 heavy (non-hydrogen) atoms. The smallest absolute Gasteiger partial charge is 0.350 e. The molecule has 0 aliphatic rings. The van der Waals surface area contributed by atoms with Crippen LogP contribution >= 0.6 is 11.3 Å². The largest absolute Gasteiger partial charge is 0.465 e. The van der Waals surface area contributed by atoms with Gasteiger partial charge in [-0.25, -0.2) is 14.5 Å². The minimum atomic E-state index is -0.475. The van der Waals surface area contributed by atoms with E-state index in [1.807, 2.05) is 6.92 Å². The molecule has 0 bridgehead atoms. The van der Waals surface area contributed by atoms with Crippen LogP contribution in [0.5, 0.6) is 0 Å². The number of hydrogen-bond acceptors (Lipinski definition) is 8. The fraction of sp³-hybridized carbons (Fsp3) is 0.200. The van der Waals surface area contributed by atoms with Gasteiger partial charge in [0.1, 0.15) is 11.2 Å². The van der Waals surface area contributed by atoms with Crippen LogP contribution in [0.3, 0.4) is 0 Å². The molecule has 128 valence electrons. The first-order valence-corrected chi connectivity index (χ1v) is 8.02. The number of methoxy groups -OCH3 is 1. The number of aromatic nitrogens is 5. The Morgan fingerprint density at radius 1 is 1.28 bits per heavy atom. The van der Waals surface area contributed by atoms with E-state index >= 15 is 0 Å². The van der Waals surface area contributed by atoms with E-state index in [-0.39, 0.29) is 5.91 Å². The third-order valence-corrected chi connectivity index (χ3v) is 4.50. The molecule has 1 amide bonds. The number of aryl methyl sites for hydroxylation is 2. The molecule has 1 N–H and O–H groups in total. The molecular formula is C15H14N6O3S. The summed E-state index contributed by atoms with van der Waals surface area (Å²) in [6.45, 7) is 3.54. The zero-order valence-electron chi connectivity index (χ0n) is 13.7. The van der Waals surface area contributed by atoms with Crippen molar-refractivity contribution in [2.75, 3.05) is 12.4 Å². The van der Waals surface area contributed by atoms with E-state index < -0.39 is 5.97 Å². The Bertz CT molecular complexity index is 935. The SMILES string of the molecule is COC(=O)c1sc(NC(=O)c2ccc(-n3cnnn3)c(C)c2)nc1C. The molecule has 0 aliphatic heterocycles. The molecule has 0 atom stereocenters. The molecule has 0 aliphatic carbocycles. The Balaban J connectivity index is 1.80. The summed E-state index contributed by atoms with van der Waals surface area (Å²) >= 11 is 1.07. The molecule has 0 saturated heterocycles. The first-order valence-electron chi connectivity index (χ1n) is 7.20. The fourth-order valence-corrected chi connectivity index (χ4v) is 3.11. The Labute approximate surface area is 146 Å². The van der Waals surface area contributed by atoms with Gasteiger partial charge in [0.05, 0.1) is 18.5 Å². The first kappa shape index (κ1) is 16.7. The van der Waals surface area contributed by atoms with Crippen molar-refractivity contribution in [2.24, 2.45) is 0 Å². The zero-order chi connectivity index (χ0) is 18.0. The third kappa shape index (κ3) is 3.38. The second kappa shape index (κ2) is 6.77. The normalized spacial score (nSPS) is 10.5. The van der Waals surface area contributed by atoms with Gasteiger partial charge in [-0.3, -0.25) is 10.1 Å². The molecule has 9 nitrogen and oxygen atoms in total. The molecule has 0 radical (unpaired) electrons. The highest BCUT2D eigenvalue weighted by atomic mass is 32.1. The number of thiazole rings is 1. The minimum Gasteiger partial charge on any atom is -0.465 e. The second-order valence-electron chi connectivity index (χ2n) is 5.13. The number of hydrogen-bond donors (Lipinski definition) is 1. The molecule has 3 rings (SSSR count). The number of benzene rings is 1. The van der Waals surface area contributed by atoms with Crippen LogP contribution in [0.15, 0.2) is 24.5 Å². The molecule has 0 saturated carbocycles. The van der Waals surface area contributed by atoms with Crippen LogP contribution in [0.1, 0.15) is 31.3 Å². The summed E-state index contributed by atoms with van der Waals surface area (Å²) in [5.41, 5.74) is 2.59. The number of nitrogens with zero attached hydrogens (tertiary/aromatic N) is 5. The predicted octanol–water partition coefficient (Wildman–Crippen LogP) is 1.77. The van der Waals surface area contributed by atoms with E-state index in [2.05, 4.69) is 30.6 Å². The van der Waals surface area contributed by atoms with Gasteiger partial charge in [0.2, 0.25) is 0 Å². The van der Waals surface area contributed by atoms with Crippen molar-refractivity contribution in [2.45, 2.75) is 13.8 Å². The van der Waals surface area contributed by atoms with E-state index in [0.29, 0.717) is 21.3 Å². The molecule has 0 fully saturated rings. The van der Waals surface area contributed by atoms with Gasteiger partial charge in [-0.2, -0.15) is 0 Å². The van der Waals surface area contributed by atoms with Gasteiger partial charge in [0, 0.05) is 5.56 Å². The van der Waals surface area contributed by atoms with Crippen molar-refractivity contribution in [1.82, 2.24) is 25.2 Å². The van der Waals surface area contributed by atoms with Crippen molar-refractivity contribution in [3.63, 3.8) is 0 Å². The van der Waals surface area contributed by atoms with Crippen LogP contribution in [0.4, 0.5) is 5.13 Å². The van der Waals surface area contributed by atoms with Gasteiger partial charge in [0.25, 0.3) is 5.91 Å². The minimum absolute atomic E-state index is 0.323. The van der Waals surface area contributed by atoms with Crippen LogP contribution < -0.4 is 5.32 Å². The van der Waals surface area contributed by atoms with Gasteiger partial charge in [-0.05, 0) is 48.0 Å². The average molecular weight is 358 g/mol. The monoisotopic (exact) mass is 358 g/mol. The predicted molar refractivity (Wildman–Crippen MR) is 90.0 cm³/mol. The lowest BCUT2D eigenvalue weighted by atomic mass is 10.1. The molecular weight excluding hydrogens is 344 g/mol. The Kier molecular flexibility index (Phi) is 4.52. The topological polar surface area (TPSA) is 112 Å². The van der Waals surface area contributed by atoms with E-state index in [9.17, 15) is 9.59 Å². The number of anilines is 1. The number of esters is 1. The highest BCUT2D eigenvalue weighted by Crippen LogP contribution is 2.24. The standard InChI is InChI=1S/C15H14N6O3S/c1-8-6-10(4-5-11(8)21-7-16-19-20-21)13(22)18-15-17-9(2)12(25-15)14(23)24-3/h4-7H,1-3H3,(H,17,18,22). The Hall–Kier alpha value is -3.14. The number of carbonyl (C=O) groups excluding carboxylic acids is 2. The van der Waals surface area contributed by atoms with Gasteiger partial charge in [0.15, 0.2) is 5.13 Å². The van der Waals surface area contributed by atoms with Gasteiger partial charge in [-0.15, -0.1) is 5.10 Å². The number of amides is 1. The van der Waals surface area contributed by atoms with Crippen LogP contribution in [-0.2, 0) is 4.74 Å². The highest BCUT2D eigenvalue weighted by molar-refractivity contribution is 7.17. The summed E-state index contributed by atoms with van der Waals surface area (Å²) in [6.07, 6.45) is 1.48. The van der Waals surface area contributed by atoms with E-state index in [1.54, 1.807) is 25.1 Å². The Morgan fingerprint density at radius 3 is 2.72 bits per heavy atom. The lowest BCUT2D eigenvalue weighted by Gasteiger charge is -2.07. The fourth-order valence-electron chi connectivity index (χ4n) is 2.23. The lowest BCUT2D eigenvalue weighted by molar-refractivity contribution is 0.0605. The Morgan fingerprint density at radius 2 is 2.08 bits per heavy atom. The van der Waals surface area contributed by atoms with Crippen LogP contribution in [0.25, 0.3) is 5.69 Å². The first-order chi connectivity index (χ1) is 12.0. The van der Waals surface area contributed by atoms with Gasteiger partial charge >= 0.3 is 5.97 Å². The van der Waals surface area contributed by atoms with Crippen LogP contribution in [-0.4, -0.2) is 44.2 Å². The molecule has 0 unspecified atom stereocenters. The summed E-state index contributed by atoms with van der Waals surface area (Å²) in [5, 5.41) is 14.0. The van der Waals surface area contributed by atoms with Gasteiger partial charge in [-0.1, -0.05) is 11.3 Å². The number of nitrogens with one attached hydrogen (secondary N) is 1. The van der Waals surface area contributed by atoms with Gasteiger partial charge < -0.3 is 4.74 Å². The number of rotatable bonds is 4. The number of carbonyl (C=O) groups is 2. The third-order valence-electron chi connectivity index (χ3n) is 3.44. The lowest BCUT2D eigenvalue weighted by Crippen LogP contribution is -2.12. The maximum atomic E-state index is 12.4. The summed E-state index contributed by atoms with van der Waals surface area (Å²) in [7, 11) is 1.30. The number of tetrazole rings is 1. The van der Waals surface area contributed by atoms with Crippen molar-refractivity contribution < 1.29 is 14.3 Å². The molecule has 10 heteroatoms. The quantitative estimate of drug-likeness (QED) is 0.707. The highest BCUT2D eigenvalue weighted by Gasteiger charge is 2.18. The average Bonchev–Trinajstić information content (AvgIpc) is 3.24.